The SMILES string of the molecule is Nc1ccc(OCCCCCCCCCCCCCCCCOc2ccc(N)cc2)cc1. The highest BCUT2D eigenvalue weighted by atomic mass is 16.5. The summed E-state index contributed by atoms with van der Waals surface area (Å²) in [6, 6.07) is 15.3. The van der Waals surface area contributed by atoms with Gasteiger partial charge in [-0.15, -0.1) is 0 Å². The molecule has 0 heterocycles. The summed E-state index contributed by atoms with van der Waals surface area (Å²) in [5.41, 5.74) is 12.9. The summed E-state index contributed by atoms with van der Waals surface area (Å²) in [6.45, 7) is 1.61. The zero-order valence-electron chi connectivity index (χ0n) is 19.9. The number of ether oxygens (including phenoxy) is 2. The number of hydrogen-bond acceptors (Lipinski definition) is 4. The lowest BCUT2D eigenvalue weighted by atomic mass is 10.0. The molecule has 0 radical (unpaired) electrons. The van der Waals surface area contributed by atoms with E-state index in [0.29, 0.717) is 0 Å². The third kappa shape index (κ3) is 13.1. The quantitative estimate of drug-likeness (QED) is 0.173. The van der Waals surface area contributed by atoms with Crippen molar-refractivity contribution < 1.29 is 9.47 Å². The first kappa shape index (κ1) is 25.9. The van der Waals surface area contributed by atoms with Crippen LogP contribution in [0.5, 0.6) is 11.5 Å². The molecule has 178 valence electrons. The van der Waals surface area contributed by atoms with E-state index < -0.39 is 0 Å². The number of anilines is 2. The third-order valence-electron chi connectivity index (χ3n) is 5.84. The van der Waals surface area contributed by atoms with Crippen molar-refractivity contribution in [2.45, 2.75) is 89.9 Å². The Morgan fingerprint density at radius 1 is 0.375 bits per heavy atom. The van der Waals surface area contributed by atoms with E-state index in [1.165, 1.54) is 77.0 Å². The van der Waals surface area contributed by atoms with Crippen molar-refractivity contribution in [1.82, 2.24) is 0 Å². The lowest BCUT2D eigenvalue weighted by Gasteiger charge is -2.07. The van der Waals surface area contributed by atoms with Crippen molar-refractivity contribution in [3.63, 3.8) is 0 Å². The summed E-state index contributed by atoms with van der Waals surface area (Å²) >= 11 is 0. The van der Waals surface area contributed by atoms with E-state index in [1.54, 1.807) is 0 Å². The Kier molecular flexibility index (Phi) is 13.9. The zero-order chi connectivity index (χ0) is 22.7. The second kappa shape index (κ2) is 17.2. The fraction of sp³-hybridized carbons (Fsp3) is 0.571. The smallest absolute Gasteiger partial charge is 0.119 e. The minimum atomic E-state index is 0.783. The van der Waals surface area contributed by atoms with Crippen molar-refractivity contribution in [3.05, 3.63) is 48.5 Å². The summed E-state index contributed by atoms with van der Waals surface area (Å²) in [5, 5.41) is 0. The Bertz CT molecular complexity index is 624. The number of nitrogens with two attached hydrogens (primary N) is 2. The van der Waals surface area contributed by atoms with Crippen LogP contribution < -0.4 is 20.9 Å². The molecule has 0 aromatic heterocycles. The van der Waals surface area contributed by atoms with Crippen LogP contribution in [0, 0.1) is 0 Å². The minimum Gasteiger partial charge on any atom is -0.494 e. The molecule has 4 nitrogen and oxygen atoms in total. The molecule has 32 heavy (non-hydrogen) atoms. The minimum absolute atomic E-state index is 0.783. The number of nitrogen functional groups attached to an aromatic ring is 2. The molecule has 2 aromatic rings. The van der Waals surface area contributed by atoms with Crippen LogP contribution in [0.1, 0.15) is 89.9 Å². The summed E-state index contributed by atoms with van der Waals surface area (Å²) in [7, 11) is 0. The summed E-state index contributed by atoms with van der Waals surface area (Å²) in [4.78, 5) is 0. The second-order valence-electron chi connectivity index (χ2n) is 8.78. The van der Waals surface area contributed by atoms with E-state index in [2.05, 4.69) is 0 Å². The molecule has 0 spiro atoms. The molecule has 0 bridgehead atoms. The first-order chi connectivity index (χ1) is 15.7. The van der Waals surface area contributed by atoms with Gasteiger partial charge < -0.3 is 20.9 Å². The first-order valence-electron chi connectivity index (χ1n) is 12.7. The molecule has 0 unspecified atom stereocenters. The molecule has 0 saturated carbocycles. The average molecular weight is 441 g/mol. The van der Waals surface area contributed by atoms with Crippen LogP contribution >= 0.6 is 0 Å². The van der Waals surface area contributed by atoms with Gasteiger partial charge in [-0.25, -0.2) is 0 Å². The Morgan fingerprint density at radius 2 is 0.625 bits per heavy atom. The summed E-state index contributed by atoms with van der Waals surface area (Å²) in [5.74, 6) is 1.84. The van der Waals surface area contributed by atoms with Crippen LogP contribution in [0.25, 0.3) is 0 Å². The zero-order valence-corrected chi connectivity index (χ0v) is 19.9. The van der Waals surface area contributed by atoms with Gasteiger partial charge in [-0.05, 0) is 61.4 Å². The Morgan fingerprint density at radius 3 is 0.906 bits per heavy atom. The lowest BCUT2D eigenvalue weighted by molar-refractivity contribution is 0.304. The summed E-state index contributed by atoms with van der Waals surface area (Å²) in [6.07, 6.45) is 18.5. The summed E-state index contributed by atoms with van der Waals surface area (Å²) < 4.78 is 11.5. The highest BCUT2D eigenvalue weighted by Gasteiger charge is 1.97. The largest absolute Gasteiger partial charge is 0.494 e. The van der Waals surface area contributed by atoms with Crippen LogP contribution in [-0.2, 0) is 0 Å². The molecule has 0 saturated heterocycles. The Hall–Kier alpha value is -2.36. The van der Waals surface area contributed by atoms with Crippen LogP contribution in [0.2, 0.25) is 0 Å². The van der Waals surface area contributed by atoms with E-state index in [9.17, 15) is 0 Å². The average Bonchev–Trinajstić information content (AvgIpc) is 2.80. The standard InChI is InChI=1S/C28H44N2O2/c29-25-15-19-27(20-16-25)31-23-13-11-9-7-5-3-1-2-4-6-8-10-12-14-24-32-28-21-17-26(30)18-22-28/h15-22H,1-14,23-24,29-30H2. The van der Waals surface area contributed by atoms with Crippen molar-refractivity contribution in [3.8, 4) is 11.5 Å². The van der Waals surface area contributed by atoms with E-state index in [1.807, 2.05) is 48.5 Å². The molecule has 0 aliphatic heterocycles. The van der Waals surface area contributed by atoms with Gasteiger partial charge in [-0.1, -0.05) is 77.0 Å². The molecule has 2 aromatic carbocycles. The van der Waals surface area contributed by atoms with E-state index in [0.717, 1.165) is 48.9 Å². The lowest BCUT2D eigenvalue weighted by Crippen LogP contribution is -1.97. The highest BCUT2D eigenvalue weighted by Crippen LogP contribution is 2.16. The molecule has 4 N–H and O–H groups in total. The molecule has 0 fully saturated rings. The Labute approximate surface area is 195 Å². The van der Waals surface area contributed by atoms with Crippen LogP contribution in [0.15, 0.2) is 48.5 Å². The third-order valence-corrected chi connectivity index (χ3v) is 5.84. The van der Waals surface area contributed by atoms with Gasteiger partial charge >= 0.3 is 0 Å². The van der Waals surface area contributed by atoms with Gasteiger partial charge in [0.15, 0.2) is 0 Å². The van der Waals surface area contributed by atoms with Gasteiger partial charge in [-0.2, -0.15) is 0 Å². The predicted octanol–water partition coefficient (Wildman–Crippen LogP) is 7.77. The van der Waals surface area contributed by atoms with Crippen LogP contribution in [0.3, 0.4) is 0 Å². The molecular formula is C28H44N2O2. The molecule has 2 rings (SSSR count). The highest BCUT2D eigenvalue weighted by molar-refractivity contribution is 5.42. The van der Waals surface area contributed by atoms with Crippen molar-refractivity contribution in [2.75, 3.05) is 24.7 Å². The van der Waals surface area contributed by atoms with Crippen molar-refractivity contribution in [1.29, 1.82) is 0 Å². The van der Waals surface area contributed by atoms with Gasteiger partial charge in [-0.3, -0.25) is 0 Å². The molecule has 0 aliphatic rings. The number of rotatable bonds is 19. The maximum absolute atomic E-state index is 5.74. The van der Waals surface area contributed by atoms with Gasteiger partial charge in [0.05, 0.1) is 13.2 Å². The molecule has 0 aliphatic carbocycles. The number of hydrogen-bond donors (Lipinski definition) is 2. The maximum Gasteiger partial charge on any atom is 0.119 e. The van der Waals surface area contributed by atoms with Crippen molar-refractivity contribution >= 4 is 11.4 Å². The number of unbranched alkanes of at least 4 members (excludes halogenated alkanes) is 13. The fourth-order valence-corrected chi connectivity index (χ4v) is 3.83. The predicted molar refractivity (Wildman–Crippen MR) is 137 cm³/mol. The van der Waals surface area contributed by atoms with E-state index in [-0.39, 0.29) is 0 Å². The number of benzene rings is 2. The monoisotopic (exact) mass is 440 g/mol. The topological polar surface area (TPSA) is 70.5 Å². The van der Waals surface area contributed by atoms with Gasteiger partial charge in [0.2, 0.25) is 0 Å². The first-order valence-corrected chi connectivity index (χ1v) is 12.7. The van der Waals surface area contributed by atoms with Gasteiger partial charge in [0.25, 0.3) is 0 Å². The van der Waals surface area contributed by atoms with Gasteiger partial charge in [0, 0.05) is 11.4 Å². The normalized spacial score (nSPS) is 10.9. The Balaban J connectivity index is 1.25. The molecule has 4 heteroatoms. The molecular weight excluding hydrogens is 396 g/mol. The molecule has 0 amide bonds. The van der Waals surface area contributed by atoms with Crippen molar-refractivity contribution in [2.24, 2.45) is 0 Å². The maximum atomic E-state index is 5.74. The molecule has 0 atom stereocenters. The van der Waals surface area contributed by atoms with Crippen LogP contribution in [0.4, 0.5) is 11.4 Å². The van der Waals surface area contributed by atoms with E-state index in [4.69, 9.17) is 20.9 Å². The van der Waals surface area contributed by atoms with Gasteiger partial charge in [0.1, 0.15) is 11.5 Å². The second-order valence-corrected chi connectivity index (χ2v) is 8.78. The van der Waals surface area contributed by atoms with E-state index >= 15 is 0 Å². The van der Waals surface area contributed by atoms with Crippen LogP contribution in [-0.4, -0.2) is 13.2 Å². The fourth-order valence-electron chi connectivity index (χ4n) is 3.83.